The van der Waals surface area contributed by atoms with Gasteiger partial charge in [0.25, 0.3) is 0 Å². The Kier molecular flexibility index (Phi) is 4.70. The van der Waals surface area contributed by atoms with Crippen LogP contribution in [0.15, 0.2) is 18.2 Å². The van der Waals surface area contributed by atoms with Gasteiger partial charge < -0.3 is 15.2 Å². The second-order valence-corrected chi connectivity index (χ2v) is 6.00. The summed E-state index contributed by atoms with van der Waals surface area (Å²) in [4.78, 5) is 0. The Morgan fingerprint density at radius 1 is 1.21 bits per heavy atom. The molecule has 106 valence electrons. The van der Waals surface area contributed by atoms with Gasteiger partial charge in [-0.1, -0.05) is 19.9 Å². The van der Waals surface area contributed by atoms with E-state index in [4.69, 9.17) is 4.74 Å². The van der Waals surface area contributed by atoms with Crippen LogP contribution in [0, 0.1) is 11.8 Å². The first-order valence-electron chi connectivity index (χ1n) is 7.17. The van der Waals surface area contributed by atoms with Gasteiger partial charge in [-0.2, -0.15) is 0 Å². The Morgan fingerprint density at radius 2 is 1.89 bits per heavy atom. The minimum Gasteiger partial charge on any atom is -0.504 e. The lowest BCUT2D eigenvalue weighted by Crippen LogP contribution is -2.35. The number of ether oxygens (including phenoxy) is 1. The van der Waals surface area contributed by atoms with Crippen LogP contribution in [0.4, 0.5) is 0 Å². The third-order valence-corrected chi connectivity index (χ3v) is 4.02. The molecule has 0 radical (unpaired) electrons. The summed E-state index contributed by atoms with van der Waals surface area (Å²) < 4.78 is 5.05. The number of methoxy groups -OCH3 is 1. The summed E-state index contributed by atoms with van der Waals surface area (Å²) in [5.74, 6) is 2.37. The first-order valence-corrected chi connectivity index (χ1v) is 7.17. The van der Waals surface area contributed by atoms with Gasteiger partial charge in [0.2, 0.25) is 0 Å². The number of benzene rings is 1. The van der Waals surface area contributed by atoms with Gasteiger partial charge >= 0.3 is 0 Å². The molecule has 3 heteroatoms. The van der Waals surface area contributed by atoms with Gasteiger partial charge in [0, 0.05) is 12.6 Å². The fourth-order valence-corrected chi connectivity index (χ4v) is 3.22. The molecule has 3 nitrogen and oxygen atoms in total. The second kappa shape index (κ2) is 6.29. The van der Waals surface area contributed by atoms with Crippen molar-refractivity contribution in [2.24, 2.45) is 11.8 Å². The molecule has 0 bridgehead atoms. The van der Waals surface area contributed by atoms with E-state index in [1.54, 1.807) is 13.2 Å². The number of aromatic hydroxyl groups is 1. The predicted octanol–water partition coefficient (Wildman–Crippen LogP) is 3.32. The van der Waals surface area contributed by atoms with E-state index in [9.17, 15) is 5.11 Å². The van der Waals surface area contributed by atoms with Crippen LogP contribution in [0.5, 0.6) is 11.5 Å². The first-order chi connectivity index (χ1) is 9.08. The summed E-state index contributed by atoms with van der Waals surface area (Å²) in [6, 6.07) is 6.20. The Bertz CT molecular complexity index is 409. The average molecular weight is 263 g/mol. The van der Waals surface area contributed by atoms with Gasteiger partial charge in [-0.25, -0.2) is 0 Å². The number of hydrogen-bond donors (Lipinski definition) is 2. The molecule has 2 rings (SSSR count). The third kappa shape index (κ3) is 3.87. The zero-order valence-electron chi connectivity index (χ0n) is 12.1. The highest BCUT2D eigenvalue weighted by molar-refractivity contribution is 5.41. The SMILES string of the molecule is COc1ccc(CNC2CC(C)CC(C)C2)cc1O. The van der Waals surface area contributed by atoms with Crippen molar-refractivity contribution in [3.05, 3.63) is 23.8 Å². The molecule has 2 atom stereocenters. The average Bonchev–Trinajstić information content (AvgIpc) is 2.35. The molecule has 0 amide bonds. The summed E-state index contributed by atoms with van der Waals surface area (Å²) in [5, 5.41) is 13.4. The molecule has 1 aliphatic rings. The fourth-order valence-electron chi connectivity index (χ4n) is 3.22. The van der Waals surface area contributed by atoms with E-state index in [1.165, 1.54) is 19.3 Å². The highest BCUT2D eigenvalue weighted by atomic mass is 16.5. The van der Waals surface area contributed by atoms with E-state index in [-0.39, 0.29) is 5.75 Å². The fraction of sp³-hybridized carbons (Fsp3) is 0.625. The van der Waals surface area contributed by atoms with E-state index in [0.717, 1.165) is 23.9 Å². The Balaban J connectivity index is 1.89. The quantitative estimate of drug-likeness (QED) is 0.875. The highest BCUT2D eigenvalue weighted by Crippen LogP contribution is 2.29. The van der Waals surface area contributed by atoms with Crippen molar-refractivity contribution in [1.82, 2.24) is 5.32 Å². The summed E-state index contributed by atoms with van der Waals surface area (Å²) in [6.45, 7) is 5.48. The van der Waals surface area contributed by atoms with Gasteiger partial charge in [0.1, 0.15) is 0 Å². The van der Waals surface area contributed by atoms with Crippen molar-refractivity contribution < 1.29 is 9.84 Å². The standard InChI is InChI=1S/C16H25NO2/c1-11-6-12(2)8-14(7-11)17-10-13-4-5-16(19-3)15(18)9-13/h4-5,9,11-12,14,17-18H,6-8,10H2,1-3H3. The summed E-state index contributed by atoms with van der Waals surface area (Å²) in [7, 11) is 1.57. The summed E-state index contributed by atoms with van der Waals surface area (Å²) >= 11 is 0. The van der Waals surface area contributed by atoms with Gasteiger partial charge in [0.05, 0.1) is 7.11 Å². The highest BCUT2D eigenvalue weighted by Gasteiger charge is 2.23. The van der Waals surface area contributed by atoms with Gasteiger partial charge in [0.15, 0.2) is 11.5 Å². The Labute approximate surface area is 116 Å². The molecule has 0 heterocycles. The maximum atomic E-state index is 9.76. The van der Waals surface area contributed by atoms with E-state index >= 15 is 0 Å². The third-order valence-electron chi connectivity index (χ3n) is 4.02. The van der Waals surface area contributed by atoms with Crippen molar-refractivity contribution in [2.45, 2.75) is 45.7 Å². The van der Waals surface area contributed by atoms with Crippen LogP contribution in [0.2, 0.25) is 0 Å². The number of rotatable bonds is 4. The maximum absolute atomic E-state index is 9.76. The lowest BCUT2D eigenvalue weighted by molar-refractivity contribution is 0.238. The van der Waals surface area contributed by atoms with Crippen LogP contribution >= 0.6 is 0 Å². The van der Waals surface area contributed by atoms with Crippen molar-refractivity contribution >= 4 is 0 Å². The molecular weight excluding hydrogens is 238 g/mol. The molecule has 1 aromatic carbocycles. The van der Waals surface area contributed by atoms with Crippen LogP contribution in [0.25, 0.3) is 0 Å². The molecule has 1 aliphatic carbocycles. The van der Waals surface area contributed by atoms with Crippen LogP contribution < -0.4 is 10.1 Å². The molecular formula is C16H25NO2. The molecule has 0 spiro atoms. The molecule has 19 heavy (non-hydrogen) atoms. The summed E-state index contributed by atoms with van der Waals surface area (Å²) in [5.41, 5.74) is 1.10. The molecule has 1 saturated carbocycles. The van der Waals surface area contributed by atoms with Crippen molar-refractivity contribution in [1.29, 1.82) is 0 Å². The molecule has 2 N–H and O–H groups in total. The maximum Gasteiger partial charge on any atom is 0.160 e. The van der Waals surface area contributed by atoms with Crippen molar-refractivity contribution in [3.8, 4) is 11.5 Å². The van der Waals surface area contributed by atoms with Gasteiger partial charge in [-0.3, -0.25) is 0 Å². The van der Waals surface area contributed by atoms with Crippen LogP contribution in [0.1, 0.15) is 38.7 Å². The first kappa shape index (κ1) is 14.2. The molecule has 2 unspecified atom stereocenters. The van der Waals surface area contributed by atoms with Gasteiger partial charge in [-0.05, 0) is 48.8 Å². The number of phenolic OH excluding ortho intramolecular Hbond substituents is 1. The summed E-state index contributed by atoms with van der Waals surface area (Å²) in [6.07, 6.45) is 3.86. The van der Waals surface area contributed by atoms with E-state index < -0.39 is 0 Å². The second-order valence-electron chi connectivity index (χ2n) is 6.00. The Morgan fingerprint density at radius 3 is 2.47 bits per heavy atom. The lowest BCUT2D eigenvalue weighted by Gasteiger charge is -2.32. The Hall–Kier alpha value is -1.22. The predicted molar refractivity (Wildman–Crippen MR) is 77.5 cm³/mol. The van der Waals surface area contributed by atoms with E-state index in [2.05, 4.69) is 19.2 Å². The molecule has 1 fully saturated rings. The number of nitrogens with one attached hydrogen (secondary N) is 1. The molecule has 0 saturated heterocycles. The lowest BCUT2D eigenvalue weighted by atomic mass is 9.80. The monoisotopic (exact) mass is 263 g/mol. The number of hydrogen-bond acceptors (Lipinski definition) is 3. The largest absolute Gasteiger partial charge is 0.504 e. The van der Waals surface area contributed by atoms with E-state index in [0.29, 0.717) is 11.8 Å². The van der Waals surface area contributed by atoms with Crippen molar-refractivity contribution in [2.75, 3.05) is 7.11 Å². The minimum atomic E-state index is 0.215. The van der Waals surface area contributed by atoms with Crippen LogP contribution in [0.3, 0.4) is 0 Å². The molecule has 0 aliphatic heterocycles. The normalized spacial score (nSPS) is 27.2. The van der Waals surface area contributed by atoms with Crippen molar-refractivity contribution in [3.63, 3.8) is 0 Å². The smallest absolute Gasteiger partial charge is 0.160 e. The number of phenols is 1. The van der Waals surface area contributed by atoms with Gasteiger partial charge in [-0.15, -0.1) is 0 Å². The minimum absolute atomic E-state index is 0.215. The zero-order chi connectivity index (χ0) is 13.8. The van der Waals surface area contributed by atoms with E-state index in [1.807, 2.05) is 12.1 Å². The zero-order valence-corrected chi connectivity index (χ0v) is 12.1. The molecule has 1 aromatic rings. The van der Waals surface area contributed by atoms with Crippen LogP contribution in [-0.2, 0) is 6.54 Å². The molecule has 0 aromatic heterocycles. The topological polar surface area (TPSA) is 41.5 Å². The van der Waals surface area contributed by atoms with Crippen LogP contribution in [-0.4, -0.2) is 18.3 Å².